The topological polar surface area (TPSA) is 81.7 Å². The van der Waals surface area contributed by atoms with E-state index in [9.17, 15) is 4.79 Å². The molecule has 0 bridgehead atoms. The molecule has 1 aromatic heterocycles. The summed E-state index contributed by atoms with van der Waals surface area (Å²) in [5, 5.41) is 5.97. The minimum Gasteiger partial charge on any atom is -0.493 e. The average molecular weight is 345 g/mol. The summed E-state index contributed by atoms with van der Waals surface area (Å²) in [5.41, 5.74) is 0.989. The smallest absolute Gasteiger partial charge is 0.257 e. The highest BCUT2D eigenvalue weighted by atomic mass is 16.5. The summed E-state index contributed by atoms with van der Waals surface area (Å²) in [6.45, 7) is 2.91. The molecule has 0 spiro atoms. The first-order valence-corrected chi connectivity index (χ1v) is 7.94. The molecule has 0 saturated carbocycles. The summed E-state index contributed by atoms with van der Waals surface area (Å²) in [4.78, 5) is 16.6. The van der Waals surface area contributed by atoms with E-state index in [0.29, 0.717) is 28.5 Å². The molecule has 0 fully saturated rings. The first kappa shape index (κ1) is 18.4. The number of carbonyl (C=O) groups excluding carboxylic acids is 1. The maximum Gasteiger partial charge on any atom is 0.257 e. The largest absolute Gasteiger partial charge is 0.493 e. The van der Waals surface area contributed by atoms with Crippen LogP contribution in [0.3, 0.4) is 0 Å². The number of ether oxygens (including phenoxy) is 3. The molecule has 0 aliphatic heterocycles. The predicted molar refractivity (Wildman–Crippen MR) is 97.1 cm³/mol. The fourth-order valence-corrected chi connectivity index (χ4v) is 2.24. The van der Waals surface area contributed by atoms with Crippen LogP contribution >= 0.6 is 0 Å². The van der Waals surface area contributed by atoms with Gasteiger partial charge in [-0.15, -0.1) is 0 Å². The van der Waals surface area contributed by atoms with E-state index in [1.54, 1.807) is 24.3 Å². The van der Waals surface area contributed by atoms with Crippen LogP contribution in [0.4, 0.5) is 11.5 Å². The number of amides is 1. The van der Waals surface area contributed by atoms with Crippen molar-refractivity contribution in [2.75, 3.05) is 38.5 Å². The number of anilines is 2. The van der Waals surface area contributed by atoms with Crippen molar-refractivity contribution in [2.24, 2.45) is 0 Å². The molecule has 0 atom stereocenters. The van der Waals surface area contributed by atoms with Gasteiger partial charge < -0.3 is 24.8 Å². The number of carbonyl (C=O) groups is 1. The zero-order chi connectivity index (χ0) is 18.2. The number of hydrogen-bond donors (Lipinski definition) is 2. The van der Waals surface area contributed by atoms with Gasteiger partial charge in [0.2, 0.25) is 5.75 Å². The fourth-order valence-electron chi connectivity index (χ4n) is 2.24. The normalized spacial score (nSPS) is 10.1. The van der Waals surface area contributed by atoms with Gasteiger partial charge in [0.1, 0.15) is 5.82 Å². The SMILES string of the molecule is CCCNc1ccc(C(=O)Nc2cc(OC)c(OC)c(OC)c2)cn1. The third-order valence-corrected chi connectivity index (χ3v) is 3.50. The van der Waals surface area contributed by atoms with Crippen LogP contribution in [0.5, 0.6) is 17.2 Å². The Hall–Kier alpha value is -2.96. The molecule has 25 heavy (non-hydrogen) atoms. The lowest BCUT2D eigenvalue weighted by atomic mass is 10.2. The molecule has 2 N–H and O–H groups in total. The predicted octanol–water partition coefficient (Wildman–Crippen LogP) is 3.18. The van der Waals surface area contributed by atoms with Crippen LogP contribution < -0.4 is 24.8 Å². The average Bonchev–Trinajstić information content (AvgIpc) is 2.65. The zero-order valence-corrected chi connectivity index (χ0v) is 14.9. The molecule has 7 heteroatoms. The van der Waals surface area contributed by atoms with Crippen LogP contribution in [-0.2, 0) is 0 Å². The monoisotopic (exact) mass is 345 g/mol. The van der Waals surface area contributed by atoms with Crippen LogP contribution in [0.15, 0.2) is 30.5 Å². The van der Waals surface area contributed by atoms with Crippen molar-refractivity contribution in [2.45, 2.75) is 13.3 Å². The van der Waals surface area contributed by atoms with Gasteiger partial charge in [-0.3, -0.25) is 4.79 Å². The van der Waals surface area contributed by atoms with Crippen molar-refractivity contribution < 1.29 is 19.0 Å². The summed E-state index contributed by atoms with van der Waals surface area (Å²) in [6.07, 6.45) is 2.54. The molecule has 2 rings (SSSR count). The second-order valence-electron chi connectivity index (χ2n) is 5.23. The third-order valence-electron chi connectivity index (χ3n) is 3.50. The number of rotatable bonds is 8. The van der Waals surface area contributed by atoms with Crippen molar-refractivity contribution in [3.8, 4) is 17.2 Å². The molecule has 1 heterocycles. The molecule has 1 aromatic carbocycles. The number of nitrogens with one attached hydrogen (secondary N) is 2. The lowest BCUT2D eigenvalue weighted by molar-refractivity contribution is 0.102. The van der Waals surface area contributed by atoms with E-state index >= 15 is 0 Å². The summed E-state index contributed by atoms with van der Waals surface area (Å²) in [7, 11) is 4.57. The zero-order valence-electron chi connectivity index (χ0n) is 14.9. The summed E-state index contributed by atoms with van der Waals surface area (Å²) in [6, 6.07) is 6.84. The Balaban J connectivity index is 2.17. The van der Waals surface area contributed by atoms with E-state index in [-0.39, 0.29) is 5.91 Å². The minimum absolute atomic E-state index is 0.274. The number of methoxy groups -OCH3 is 3. The van der Waals surface area contributed by atoms with E-state index in [0.717, 1.165) is 18.8 Å². The molecular weight excluding hydrogens is 322 g/mol. The Morgan fingerprint density at radius 1 is 1.08 bits per heavy atom. The van der Waals surface area contributed by atoms with Crippen LogP contribution in [0.1, 0.15) is 23.7 Å². The van der Waals surface area contributed by atoms with Gasteiger partial charge in [0.15, 0.2) is 11.5 Å². The number of pyridine rings is 1. The van der Waals surface area contributed by atoms with Crippen molar-refractivity contribution in [3.05, 3.63) is 36.0 Å². The van der Waals surface area contributed by atoms with Crippen LogP contribution in [0, 0.1) is 0 Å². The highest BCUT2D eigenvalue weighted by Gasteiger charge is 2.15. The van der Waals surface area contributed by atoms with E-state index in [1.807, 2.05) is 0 Å². The molecule has 0 radical (unpaired) electrons. The van der Waals surface area contributed by atoms with Gasteiger partial charge in [0.05, 0.1) is 26.9 Å². The van der Waals surface area contributed by atoms with Crippen molar-refractivity contribution in [1.29, 1.82) is 0 Å². The van der Waals surface area contributed by atoms with Gasteiger partial charge in [-0.25, -0.2) is 4.98 Å². The Morgan fingerprint density at radius 3 is 2.24 bits per heavy atom. The number of aromatic nitrogens is 1. The van der Waals surface area contributed by atoms with E-state index in [4.69, 9.17) is 14.2 Å². The molecule has 2 aromatic rings. The Bertz CT molecular complexity index is 692. The highest BCUT2D eigenvalue weighted by Crippen LogP contribution is 2.39. The lowest BCUT2D eigenvalue weighted by Gasteiger charge is -2.14. The van der Waals surface area contributed by atoms with E-state index in [2.05, 4.69) is 22.5 Å². The van der Waals surface area contributed by atoms with E-state index < -0.39 is 0 Å². The quantitative estimate of drug-likeness (QED) is 0.765. The van der Waals surface area contributed by atoms with Gasteiger partial charge in [0.25, 0.3) is 5.91 Å². The molecule has 0 saturated heterocycles. The van der Waals surface area contributed by atoms with Gasteiger partial charge in [-0.05, 0) is 18.6 Å². The number of hydrogen-bond acceptors (Lipinski definition) is 6. The second kappa shape index (κ2) is 8.77. The Morgan fingerprint density at radius 2 is 1.76 bits per heavy atom. The maximum absolute atomic E-state index is 12.4. The summed E-state index contributed by atoms with van der Waals surface area (Å²) >= 11 is 0. The Kier molecular flexibility index (Phi) is 6.45. The highest BCUT2D eigenvalue weighted by molar-refractivity contribution is 6.04. The van der Waals surface area contributed by atoms with Gasteiger partial charge >= 0.3 is 0 Å². The second-order valence-corrected chi connectivity index (χ2v) is 5.23. The number of benzene rings is 1. The van der Waals surface area contributed by atoms with Crippen LogP contribution in [-0.4, -0.2) is 38.8 Å². The van der Waals surface area contributed by atoms with Crippen molar-refractivity contribution >= 4 is 17.4 Å². The van der Waals surface area contributed by atoms with Crippen molar-refractivity contribution in [3.63, 3.8) is 0 Å². The minimum atomic E-state index is -0.274. The van der Waals surface area contributed by atoms with Crippen molar-refractivity contribution in [1.82, 2.24) is 4.98 Å². The maximum atomic E-state index is 12.4. The molecule has 7 nitrogen and oxygen atoms in total. The molecule has 0 unspecified atom stereocenters. The van der Waals surface area contributed by atoms with Gasteiger partial charge in [-0.2, -0.15) is 0 Å². The molecular formula is C18H23N3O4. The number of nitrogens with zero attached hydrogens (tertiary/aromatic N) is 1. The lowest BCUT2D eigenvalue weighted by Crippen LogP contribution is -2.13. The molecule has 0 aliphatic carbocycles. The van der Waals surface area contributed by atoms with Gasteiger partial charge in [-0.1, -0.05) is 6.92 Å². The van der Waals surface area contributed by atoms with Crippen LogP contribution in [0.2, 0.25) is 0 Å². The molecule has 0 aliphatic rings. The Labute approximate surface area is 147 Å². The summed E-state index contributed by atoms with van der Waals surface area (Å²) < 4.78 is 15.8. The molecule has 1 amide bonds. The fraction of sp³-hybridized carbons (Fsp3) is 0.333. The van der Waals surface area contributed by atoms with E-state index in [1.165, 1.54) is 27.5 Å². The van der Waals surface area contributed by atoms with Gasteiger partial charge in [0, 0.05) is 30.6 Å². The van der Waals surface area contributed by atoms with Crippen LogP contribution in [0.25, 0.3) is 0 Å². The first-order chi connectivity index (χ1) is 12.1. The standard InChI is InChI=1S/C18H23N3O4/c1-5-8-19-16-7-6-12(11-20-16)18(22)21-13-9-14(23-2)17(25-4)15(10-13)24-3/h6-7,9-11H,5,8H2,1-4H3,(H,19,20)(H,21,22). The first-order valence-electron chi connectivity index (χ1n) is 7.94. The summed E-state index contributed by atoms with van der Waals surface area (Å²) in [5.74, 6) is 1.87. The third kappa shape index (κ3) is 4.53. The molecule has 134 valence electrons.